The monoisotopic (exact) mass is 279 g/mol. The molecular weight excluding hydrogens is 246 g/mol. The van der Waals surface area contributed by atoms with Gasteiger partial charge in [0.1, 0.15) is 5.78 Å². The summed E-state index contributed by atoms with van der Waals surface area (Å²) in [5.41, 5.74) is 0.356. The molecule has 116 valence electrons. The molecule has 2 heteroatoms. The van der Waals surface area contributed by atoms with Crippen molar-refractivity contribution in [1.82, 2.24) is 4.90 Å². The highest BCUT2D eigenvalue weighted by molar-refractivity contribution is 5.82. The van der Waals surface area contributed by atoms with Crippen LogP contribution in [0.2, 0.25) is 0 Å². The lowest BCUT2D eigenvalue weighted by atomic mass is 9.68. The Morgan fingerprint density at radius 1 is 1.05 bits per heavy atom. The summed E-state index contributed by atoms with van der Waals surface area (Å²) in [5, 5.41) is 0. The summed E-state index contributed by atoms with van der Waals surface area (Å²) in [4.78, 5) is 14.8. The van der Waals surface area contributed by atoms with E-state index in [4.69, 9.17) is 0 Å². The summed E-state index contributed by atoms with van der Waals surface area (Å²) >= 11 is 0. The second kappa shape index (κ2) is 7.06. The zero-order valence-electron chi connectivity index (χ0n) is 13.8. The minimum atomic E-state index is 0.312. The van der Waals surface area contributed by atoms with E-state index in [1.54, 1.807) is 0 Å². The number of likely N-dealkylation sites (tertiary alicyclic amines) is 1. The van der Waals surface area contributed by atoms with Crippen LogP contribution >= 0.6 is 0 Å². The van der Waals surface area contributed by atoms with Crippen LogP contribution in [-0.4, -0.2) is 30.3 Å². The number of ketones is 1. The highest BCUT2D eigenvalue weighted by Gasteiger charge is 2.35. The van der Waals surface area contributed by atoms with Gasteiger partial charge in [-0.1, -0.05) is 40.0 Å². The van der Waals surface area contributed by atoms with Crippen LogP contribution in [0.25, 0.3) is 0 Å². The topological polar surface area (TPSA) is 20.3 Å². The van der Waals surface area contributed by atoms with Gasteiger partial charge in [0.25, 0.3) is 0 Å². The highest BCUT2D eigenvalue weighted by Crippen LogP contribution is 2.39. The van der Waals surface area contributed by atoms with Crippen LogP contribution in [0.5, 0.6) is 0 Å². The molecule has 0 bridgehead atoms. The van der Waals surface area contributed by atoms with E-state index < -0.39 is 0 Å². The van der Waals surface area contributed by atoms with Crippen LogP contribution in [0.4, 0.5) is 0 Å². The van der Waals surface area contributed by atoms with Crippen LogP contribution in [0.1, 0.15) is 72.1 Å². The van der Waals surface area contributed by atoms with E-state index in [-0.39, 0.29) is 0 Å². The van der Waals surface area contributed by atoms with E-state index in [2.05, 4.69) is 25.7 Å². The summed E-state index contributed by atoms with van der Waals surface area (Å²) in [6.07, 6.45) is 9.85. The maximum atomic E-state index is 12.3. The summed E-state index contributed by atoms with van der Waals surface area (Å²) in [6.45, 7) is 10.5. The second-order valence-electron chi connectivity index (χ2n) is 8.07. The Hall–Kier alpha value is -0.370. The predicted octanol–water partition coefficient (Wildman–Crippen LogP) is 4.28. The van der Waals surface area contributed by atoms with Crippen LogP contribution in [0.3, 0.4) is 0 Å². The molecule has 2 nitrogen and oxygen atoms in total. The third kappa shape index (κ3) is 4.58. The molecule has 0 spiro atoms. The first-order valence-electron chi connectivity index (χ1n) is 8.72. The molecule has 2 aliphatic rings. The zero-order chi connectivity index (χ0) is 14.6. The van der Waals surface area contributed by atoms with E-state index in [1.807, 2.05) is 0 Å². The molecule has 1 aliphatic heterocycles. The van der Waals surface area contributed by atoms with Gasteiger partial charge in [0.15, 0.2) is 0 Å². The van der Waals surface area contributed by atoms with Gasteiger partial charge in [-0.2, -0.15) is 0 Å². The van der Waals surface area contributed by atoms with E-state index in [0.717, 1.165) is 31.7 Å². The van der Waals surface area contributed by atoms with E-state index >= 15 is 0 Å². The molecule has 1 heterocycles. The van der Waals surface area contributed by atoms with Crippen molar-refractivity contribution in [2.24, 2.45) is 17.3 Å². The first-order valence-corrected chi connectivity index (χ1v) is 8.72. The Labute approximate surface area is 125 Å². The van der Waals surface area contributed by atoms with Gasteiger partial charge < -0.3 is 4.90 Å². The van der Waals surface area contributed by atoms with Crippen LogP contribution in [-0.2, 0) is 4.79 Å². The smallest absolute Gasteiger partial charge is 0.137 e. The fourth-order valence-electron chi connectivity index (χ4n) is 3.88. The number of hydrogen-bond donors (Lipinski definition) is 0. The average molecular weight is 279 g/mol. The average Bonchev–Trinajstić information content (AvgIpc) is 2.33. The SMILES string of the molecule is CC(C)(C)C1CCC(=O)C(CN2CCCCCCC2)C1. The number of carbonyl (C=O) groups excluding carboxylic acids is 1. The third-order valence-electron chi connectivity index (χ3n) is 5.42. The number of nitrogens with zero attached hydrogens (tertiary/aromatic N) is 1. The molecular formula is C18H33NO. The minimum Gasteiger partial charge on any atom is -0.303 e. The third-order valence-corrected chi connectivity index (χ3v) is 5.42. The Morgan fingerprint density at radius 2 is 1.65 bits per heavy atom. The molecule has 1 saturated carbocycles. The van der Waals surface area contributed by atoms with Crippen LogP contribution < -0.4 is 0 Å². The molecule has 2 atom stereocenters. The van der Waals surface area contributed by atoms with Gasteiger partial charge in [0.05, 0.1) is 0 Å². The Balaban J connectivity index is 1.90. The summed E-state index contributed by atoms with van der Waals surface area (Å²) < 4.78 is 0. The van der Waals surface area contributed by atoms with Crippen LogP contribution in [0.15, 0.2) is 0 Å². The summed E-state index contributed by atoms with van der Waals surface area (Å²) in [6, 6.07) is 0. The van der Waals surface area contributed by atoms with E-state index in [9.17, 15) is 4.79 Å². The van der Waals surface area contributed by atoms with Crippen molar-refractivity contribution >= 4 is 5.78 Å². The van der Waals surface area contributed by atoms with Gasteiger partial charge in [-0.05, 0) is 50.1 Å². The summed E-state index contributed by atoms with van der Waals surface area (Å²) in [7, 11) is 0. The van der Waals surface area contributed by atoms with E-state index in [1.165, 1.54) is 45.2 Å². The molecule has 2 rings (SSSR count). The summed E-state index contributed by atoms with van der Waals surface area (Å²) in [5.74, 6) is 1.57. The lowest BCUT2D eigenvalue weighted by molar-refractivity contribution is -0.127. The van der Waals surface area contributed by atoms with Gasteiger partial charge in [-0.3, -0.25) is 4.79 Å². The molecule has 0 aromatic rings. The molecule has 0 N–H and O–H groups in total. The number of rotatable bonds is 2. The number of hydrogen-bond acceptors (Lipinski definition) is 2. The quantitative estimate of drug-likeness (QED) is 0.752. The molecule has 20 heavy (non-hydrogen) atoms. The highest BCUT2D eigenvalue weighted by atomic mass is 16.1. The standard InChI is InChI=1S/C18H33NO/c1-18(2,3)16-9-10-17(20)15(13-16)14-19-11-7-5-4-6-8-12-19/h15-16H,4-14H2,1-3H3. The Bertz CT molecular complexity index is 310. The lowest BCUT2D eigenvalue weighted by Gasteiger charge is -2.38. The molecule has 0 aromatic heterocycles. The van der Waals surface area contributed by atoms with Crippen molar-refractivity contribution < 1.29 is 4.79 Å². The number of Topliss-reactive ketones (excluding diaryl/α,β-unsaturated/α-hetero) is 1. The molecule has 0 amide bonds. The maximum absolute atomic E-state index is 12.3. The van der Waals surface area contributed by atoms with Gasteiger partial charge in [-0.15, -0.1) is 0 Å². The molecule has 2 fully saturated rings. The Kier molecular flexibility index (Phi) is 5.65. The van der Waals surface area contributed by atoms with Crippen molar-refractivity contribution in [2.45, 2.75) is 72.1 Å². The van der Waals surface area contributed by atoms with E-state index in [0.29, 0.717) is 17.1 Å². The predicted molar refractivity (Wildman–Crippen MR) is 84.8 cm³/mol. The van der Waals surface area contributed by atoms with Crippen molar-refractivity contribution in [1.29, 1.82) is 0 Å². The second-order valence-corrected chi connectivity index (χ2v) is 8.07. The van der Waals surface area contributed by atoms with Gasteiger partial charge in [-0.25, -0.2) is 0 Å². The van der Waals surface area contributed by atoms with Gasteiger partial charge in [0, 0.05) is 18.9 Å². The van der Waals surface area contributed by atoms with Crippen LogP contribution in [0, 0.1) is 17.3 Å². The van der Waals surface area contributed by atoms with Gasteiger partial charge in [0.2, 0.25) is 0 Å². The van der Waals surface area contributed by atoms with Crippen molar-refractivity contribution in [3.8, 4) is 0 Å². The minimum absolute atomic E-state index is 0.312. The lowest BCUT2D eigenvalue weighted by Crippen LogP contribution is -2.40. The molecule has 2 unspecified atom stereocenters. The zero-order valence-corrected chi connectivity index (χ0v) is 13.8. The maximum Gasteiger partial charge on any atom is 0.137 e. The normalized spacial score (nSPS) is 30.9. The van der Waals surface area contributed by atoms with Crippen molar-refractivity contribution in [3.63, 3.8) is 0 Å². The fourth-order valence-corrected chi connectivity index (χ4v) is 3.88. The molecule has 0 radical (unpaired) electrons. The molecule has 1 saturated heterocycles. The largest absolute Gasteiger partial charge is 0.303 e. The van der Waals surface area contributed by atoms with Crippen molar-refractivity contribution in [2.75, 3.05) is 19.6 Å². The molecule has 0 aromatic carbocycles. The van der Waals surface area contributed by atoms with Crippen molar-refractivity contribution in [3.05, 3.63) is 0 Å². The number of carbonyl (C=O) groups is 1. The first-order chi connectivity index (χ1) is 9.47. The molecule has 1 aliphatic carbocycles. The fraction of sp³-hybridized carbons (Fsp3) is 0.944. The first kappa shape index (κ1) is 16.0. The Morgan fingerprint density at radius 3 is 2.25 bits per heavy atom. The van der Waals surface area contributed by atoms with Gasteiger partial charge >= 0.3 is 0 Å².